The van der Waals surface area contributed by atoms with Gasteiger partial charge in [-0.2, -0.15) is 0 Å². The minimum absolute atomic E-state index is 0.0773. The number of carbonyl (C=O) groups excluding carboxylic acids is 1. The highest BCUT2D eigenvalue weighted by Gasteiger charge is 2.13. The molecular formula is C31H24N2O5. The Bertz CT molecular complexity index is 1380. The third-order valence-electron chi connectivity index (χ3n) is 6.08. The topological polar surface area (TPSA) is 78.7 Å². The van der Waals surface area contributed by atoms with E-state index in [2.05, 4.69) is 9.98 Å². The van der Waals surface area contributed by atoms with E-state index in [0.29, 0.717) is 72.2 Å². The molecule has 0 atom stereocenters. The van der Waals surface area contributed by atoms with Gasteiger partial charge in [0.1, 0.15) is 36.2 Å². The molecule has 38 heavy (non-hydrogen) atoms. The lowest BCUT2D eigenvalue weighted by Crippen LogP contribution is -2.01. The molecule has 0 radical (unpaired) electrons. The van der Waals surface area contributed by atoms with Gasteiger partial charge in [-0.1, -0.05) is 0 Å². The van der Waals surface area contributed by atoms with E-state index in [1.165, 1.54) is 0 Å². The fraction of sp³-hybridized carbons (Fsp3) is 0.129. The second-order valence-corrected chi connectivity index (χ2v) is 8.70. The van der Waals surface area contributed by atoms with E-state index in [1.54, 1.807) is 48.5 Å². The molecule has 0 N–H and O–H groups in total. The summed E-state index contributed by atoms with van der Waals surface area (Å²) in [5.74, 6) is 3.92. The Morgan fingerprint density at radius 1 is 0.526 bits per heavy atom. The number of aliphatic imine (C=N–C) groups is 2. The lowest BCUT2D eigenvalue weighted by atomic mass is 10.0. The molecule has 0 unspecified atom stereocenters. The number of benzene rings is 4. The maximum absolute atomic E-state index is 13.0. The van der Waals surface area contributed by atoms with E-state index in [0.717, 1.165) is 11.1 Å². The molecule has 4 aromatic rings. The Hall–Kier alpha value is -4.91. The third-order valence-corrected chi connectivity index (χ3v) is 6.08. The summed E-state index contributed by atoms with van der Waals surface area (Å²) in [7, 11) is 0. The van der Waals surface area contributed by atoms with Crippen LogP contribution >= 0.6 is 0 Å². The summed E-state index contributed by atoms with van der Waals surface area (Å²) >= 11 is 0. The first-order valence-corrected chi connectivity index (χ1v) is 12.4. The Balaban J connectivity index is 1.06. The van der Waals surface area contributed by atoms with E-state index >= 15 is 0 Å². The van der Waals surface area contributed by atoms with Gasteiger partial charge >= 0.3 is 0 Å². The molecule has 7 nitrogen and oxygen atoms in total. The van der Waals surface area contributed by atoms with Gasteiger partial charge in [0.05, 0.1) is 13.1 Å². The van der Waals surface area contributed by atoms with Crippen molar-refractivity contribution in [3.8, 4) is 23.0 Å². The molecule has 0 spiro atoms. The summed E-state index contributed by atoms with van der Waals surface area (Å²) in [6.07, 6.45) is 0. The van der Waals surface area contributed by atoms with Crippen LogP contribution in [0.25, 0.3) is 0 Å². The van der Waals surface area contributed by atoms with Gasteiger partial charge in [0, 0.05) is 22.3 Å². The van der Waals surface area contributed by atoms with Crippen LogP contribution in [0.4, 0.5) is 0 Å². The van der Waals surface area contributed by atoms with Gasteiger partial charge < -0.3 is 18.9 Å². The molecule has 7 heteroatoms. The SMILES string of the molecule is O=C(c1ccc(Oc2ccc(C3=NCCO3)cc2)cc1)c1ccc(Oc2ccc(C3=NCCO3)cc2)cc1. The number of carbonyl (C=O) groups is 1. The molecule has 0 saturated heterocycles. The Labute approximate surface area is 220 Å². The van der Waals surface area contributed by atoms with Crippen LogP contribution in [0.3, 0.4) is 0 Å². The molecule has 0 aromatic heterocycles. The molecule has 4 aromatic carbocycles. The van der Waals surface area contributed by atoms with E-state index in [-0.39, 0.29) is 5.78 Å². The largest absolute Gasteiger partial charge is 0.476 e. The number of hydrogen-bond acceptors (Lipinski definition) is 7. The zero-order chi connectivity index (χ0) is 25.7. The van der Waals surface area contributed by atoms with E-state index in [9.17, 15) is 4.79 Å². The van der Waals surface area contributed by atoms with Crippen molar-refractivity contribution in [1.29, 1.82) is 0 Å². The Morgan fingerprint density at radius 2 is 0.868 bits per heavy atom. The predicted octanol–water partition coefficient (Wildman–Crippen LogP) is 6.06. The van der Waals surface area contributed by atoms with Crippen molar-refractivity contribution in [1.82, 2.24) is 0 Å². The van der Waals surface area contributed by atoms with Crippen LogP contribution in [-0.2, 0) is 9.47 Å². The highest BCUT2D eigenvalue weighted by molar-refractivity contribution is 6.09. The van der Waals surface area contributed by atoms with Crippen molar-refractivity contribution in [3.63, 3.8) is 0 Å². The second kappa shape index (κ2) is 10.6. The average molecular weight is 505 g/mol. The van der Waals surface area contributed by atoms with Crippen LogP contribution < -0.4 is 9.47 Å². The number of ether oxygens (including phenoxy) is 4. The smallest absolute Gasteiger partial charge is 0.216 e. The molecule has 2 heterocycles. The van der Waals surface area contributed by atoms with Crippen LogP contribution in [0.2, 0.25) is 0 Å². The maximum atomic E-state index is 13.0. The number of rotatable bonds is 8. The van der Waals surface area contributed by atoms with Gasteiger partial charge in [-0.25, -0.2) is 9.98 Å². The normalized spacial score (nSPS) is 14.2. The Kier molecular flexibility index (Phi) is 6.55. The molecule has 0 fully saturated rings. The van der Waals surface area contributed by atoms with Crippen molar-refractivity contribution < 1.29 is 23.7 Å². The van der Waals surface area contributed by atoms with Gasteiger partial charge in [0.15, 0.2) is 5.78 Å². The summed E-state index contributed by atoms with van der Waals surface area (Å²) in [6.45, 7) is 2.63. The number of hydrogen-bond donors (Lipinski definition) is 0. The highest BCUT2D eigenvalue weighted by Crippen LogP contribution is 2.26. The van der Waals surface area contributed by atoms with Crippen LogP contribution in [0.1, 0.15) is 27.0 Å². The summed E-state index contributed by atoms with van der Waals surface area (Å²) < 4.78 is 22.8. The highest BCUT2D eigenvalue weighted by atomic mass is 16.5. The molecule has 0 aliphatic carbocycles. The summed E-state index contributed by atoms with van der Waals surface area (Å²) in [5.41, 5.74) is 3.00. The lowest BCUT2D eigenvalue weighted by molar-refractivity contribution is 0.103. The lowest BCUT2D eigenvalue weighted by Gasteiger charge is -2.09. The fourth-order valence-electron chi connectivity index (χ4n) is 4.14. The van der Waals surface area contributed by atoms with Gasteiger partial charge in [-0.3, -0.25) is 4.79 Å². The molecule has 2 aliphatic rings. The predicted molar refractivity (Wildman–Crippen MR) is 144 cm³/mol. The minimum Gasteiger partial charge on any atom is -0.476 e. The van der Waals surface area contributed by atoms with Gasteiger partial charge in [-0.05, 0) is 97.1 Å². The molecule has 188 valence electrons. The molecular weight excluding hydrogens is 480 g/mol. The van der Waals surface area contributed by atoms with Crippen molar-refractivity contribution in [2.24, 2.45) is 9.98 Å². The average Bonchev–Trinajstić information content (AvgIpc) is 3.70. The molecule has 0 bridgehead atoms. The standard InChI is InChI=1S/C31H24N2O5/c34-29(21-1-9-25(10-2-21)37-27-13-5-23(6-14-27)30-32-17-19-35-30)22-3-11-26(12-4-22)38-28-15-7-24(8-16-28)31-33-18-20-36-31/h1-16H,17-20H2. The van der Waals surface area contributed by atoms with E-state index < -0.39 is 0 Å². The zero-order valence-electron chi connectivity index (χ0n) is 20.5. The van der Waals surface area contributed by atoms with Crippen molar-refractivity contribution in [3.05, 3.63) is 119 Å². The van der Waals surface area contributed by atoms with Gasteiger partial charge in [0.25, 0.3) is 0 Å². The first-order valence-electron chi connectivity index (χ1n) is 12.4. The third kappa shape index (κ3) is 5.27. The molecule has 0 saturated carbocycles. The molecule has 2 aliphatic heterocycles. The van der Waals surface area contributed by atoms with E-state index in [1.807, 2.05) is 48.5 Å². The van der Waals surface area contributed by atoms with Gasteiger partial charge in [0.2, 0.25) is 11.8 Å². The number of ketones is 1. The molecule has 0 amide bonds. The van der Waals surface area contributed by atoms with Crippen molar-refractivity contribution in [2.45, 2.75) is 0 Å². The summed E-state index contributed by atoms with van der Waals surface area (Å²) in [4.78, 5) is 21.6. The van der Waals surface area contributed by atoms with Crippen LogP contribution in [0.5, 0.6) is 23.0 Å². The minimum atomic E-state index is -0.0773. The first kappa shape index (κ1) is 23.5. The second-order valence-electron chi connectivity index (χ2n) is 8.70. The zero-order valence-corrected chi connectivity index (χ0v) is 20.5. The van der Waals surface area contributed by atoms with E-state index in [4.69, 9.17) is 18.9 Å². The number of nitrogens with zero attached hydrogens (tertiary/aromatic N) is 2. The van der Waals surface area contributed by atoms with Crippen molar-refractivity contribution >= 4 is 17.6 Å². The van der Waals surface area contributed by atoms with Crippen LogP contribution in [-0.4, -0.2) is 43.9 Å². The Morgan fingerprint density at radius 3 is 1.18 bits per heavy atom. The molecule has 6 rings (SSSR count). The summed E-state index contributed by atoms with van der Waals surface area (Å²) in [5, 5.41) is 0. The monoisotopic (exact) mass is 504 g/mol. The quantitative estimate of drug-likeness (QED) is 0.273. The van der Waals surface area contributed by atoms with Crippen LogP contribution in [0, 0.1) is 0 Å². The van der Waals surface area contributed by atoms with Crippen LogP contribution in [0.15, 0.2) is 107 Å². The first-order chi connectivity index (χ1) is 18.7. The fourth-order valence-corrected chi connectivity index (χ4v) is 4.14. The van der Waals surface area contributed by atoms with Crippen molar-refractivity contribution in [2.75, 3.05) is 26.3 Å². The van der Waals surface area contributed by atoms with Gasteiger partial charge in [-0.15, -0.1) is 0 Å². The maximum Gasteiger partial charge on any atom is 0.216 e. The summed E-state index contributed by atoms with van der Waals surface area (Å²) in [6, 6.07) is 29.3.